The van der Waals surface area contributed by atoms with E-state index in [9.17, 15) is 14.3 Å². The topological polar surface area (TPSA) is 46.5 Å². The van der Waals surface area contributed by atoms with Crippen molar-refractivity contribution in [3.05, 3.63) is 34.6 Å². The van der Waals surface area contributed by atoms with E-state index in [1.807, 2.05) is 0 Å². The van der Waals surface area contributed by atoms with Gasteiger partial charge >= 0.3 is 0 Å². The highest BCUT2D eigenvalue weighted by Gasteiger charge is 2.19. The summed E-state index contributed by atoms with van der Waals surface area (Å²) in [5.41, 5.74) is -0.0877. The molecule has 3 nitrogen and oxygen atoms in total. The number of aromatic hydroxyl groups is 1. The minimum atomic E-state index is -0.711. The van der Waals surface area contributed by atoms with Crippen molar-refractivity contribution in [2.75, 3.05) is 6.61 Å². The molecule has 0 heterocycles. The lowest BCUT2D eigenvalue weighted by atomic mass is 10.1. The summed E-state index contributed by atoms with van der Waals surface area (Å²) >= 11 is 2.98. The number of Topliss-reactive ketones (excluding diaryl/α,β-unsaturated/α-hetero) is 1. The summed E-state index contributed by atoms with van der Waals surface area (Å²) < 4.78 is 18.6. The molecule has 1 aromatic carbocycles. The molecular formula is C11H10BrFO3. The van der Waals surface area contributed by atoms with Crippen molar-refractivity contribution in [2.45, 2.75) is 6.92 Å². The van der Waals surface area contributed by atoms with Crippen molar-refractivity contribution in [3.8, 4) is 11.5 Å². The number of halogens is 2. The number of ketones is 1. The second-order valence-corrected chi connectivity index (χ2v) is 3.85. The van der Waals surface area contributed by atoms with Crippen LogP contribution in [-0.4, -0.2) is 17.5 Å². The largest absolute Gasteiger partial charge is 0.506 e. The summed E-state index contributed by atoms with van der Waals surface area (Å²) in [6.07, 6.45) is 1.45. The Kier molecular flexibility index (Phi) is 4.06. The smallest absolute Gasteiger partial charge is 0.173 e. The predicted octanol–water partition coefficient (Wildman–Crippen LogP) is 3.06. The fraction of sp³-hybridized carbons (Fsp3) is 0.182. The summed E-state index contributed by atoms with van der Waals surface area (Å²) in [5.74, 6) is -1.60. The first kappa shape index (κ1) is 12.7. The number of ether oxygens (including phenoxy) is 1. The predicted molar refractivity (Wildman–Crippen MR) is 61.5 cm³/mol. The van der Waals surface area contributed by atoms with Gasteiger partial charge in [0.15, 0.2) is 17.3 Å². The van der Waals surface area contributed by atoms with Crippen LogP contribution in [0, 0.1) is 5.82 Å². The van der Waals surface area contributed by atoms with Crippen molar-refractivity contribution >= 4 is 21.7 Å². The van der Waals surface area contributed by atoms with Gasteiger partial charge in [0.2, 0.25) is 0 Å². The highest BCUT2D eigenvalue weighted by molar-refractivity contribution is 9.10. The fourth-order valence-corrected chi connectivity index (χ4v) is 1.65. The molecule has 1 rings (SSSR count). The van der Waals surface area contributed by atoms with Crippen LogP contribution in [0.25, 0.3) is 0 Å². The number of hydrogen-bond acceptors (Lipinski definition) is 3. The average molecular weight is 289 g/mol. The maximum absolute atomic E-state index is 13.5. The Balaban J connectivity index is 3.28. The Morgan fingerprint density at radius 3 is 2.88 bits per heavy atom. The van der Waals surface area contributed by atoms with Crippen LogP contribution in [0.5, 0.6) is 11.5 Å². The van der Waals surface area contributed by atoms with Gasteiger partial charge in [-0.25, -0.2) is 4.39 Å². The number of rotatable bonds is 4. The van der Waals surface area contributed by atoms with Crippen LogP contribution in [0.1, 0.15) is 17.3 Å². The molecule has 5 heteroatoms. The molecule has 16 heavy (non-hydrogen) atoms. The third kappa shape index (κ3) is 2.41. The van der Waals surface area contributed by atoms with E-state index in [4.69, 9.17) is 4.74 Å². The standard InChI is InChI=1S/C11H10BrFO3/c1-3-4-16-11-8(13)5-7(6(2)14)10(15)9(11)12/h3,5,15H,1,4H2,2H3. The van der Waals surface area contributed by atoms with Gasteiger partial charge in [-0.2, -0.15) is 0 Å². The van der Waals surface area contributed by atoms with Crippen LogP contribution >= 0.6 is 15.9 Å². The van der Waals surface area contributed by atoms with Crippen LogP contribution in [0.3, 0.4) is 0 Å². The normalized spacial score (nSPS) is 9.94. The molecule has 1 N–H and O–H groups in total. The van der Waals surface area contributed by atoms with Crippen molar-refractivity contribution in [3.63, 3.8) is 0 Å². The molecule has 0 atom stereocenters. The zero-order valence-electron chi connectivity index (χ0n) is 8.59. The van der Waals surface area contributed by atoms with Crippen LogP contribution in [-0.2, 0) is 0 Å². The molecule has 0 fully saturated rings. The van der Waals surface area contributed by atoms with Crippen molar-refractivity contribution < 1.29 is 19.0 Å². The highest BCUT2D eigenvalue weighted by atomic mass is 79.9. The molecule has 0 aliphatic rings. The quantitative estimate of drug-likeness (QED) is 0.684. The first-order valence-corrected chi connectivity index (χ1v) is 5.24. The van der Waals surface area contributed by atoms with Gasteiger partial charge in [-0.1, -0.05) is 12.7 Å². The van der Waals surface area contributed by atoms with E-state index >= 15 is 0 Å². The maximum atomic E-state index is 13.5. The van der Waals surface area contributed by atoms with E-state index < -0.39 is 11.6 Å². The van der Waals surface area contributed by atoms with E-state index in [1.165, 1.54) is 13.0 Å². The number of hydrogen-bond donors (Lipinski definition) is 1. The van der Waals surface area contributed by atoms with Gasteiger partial charge in [0, 0.05) is 0 Å². The average Bonchev–Trinajstić information content (AvgIpc) is 2.23. The molecule has 1 aromatic rings. The minimum absolute atomic E-state index is 0.0274. The Bertz CT molecular complexity index is 443. The molecular weight excluding hydrogens is 279 g/mol. The fourth-order valence-electron chi connectivity index (χ4n) is 1.13. The summed E-state index contributed by atoms with van der Waals surface area (Å²) in [6, 6.07) is 0.945. The van der Waals surface area contributed by atoms with Crippen LogP contribution in [0.4, 0.5) is 4.39 Å². The van der Waals surface area contributed by atoms with Crippen LogP contribution in [0.2, 0.25) is 0 Å². The summed E-state index contributed by atoms with van der Waals surface area (Å²) in [4.78, 5) is 11.1. The molecule has 0 radical (unpaired) electrons. The molecule has 0 aliphatic heterocycles. The number of carbonyl (C=O) groups excluding carboxylic acids is 1. The van der Waals surface area contributed by atoms with Gasteiger partial charge in [0.05, 0.1) is 5.56 Å². The summed E-state index contributed by atoms with van der Waals surface area (Å²) in [7, 11) is 0. The second kappa shape index (κ2) is 5.12. The summed E-state index contributed by atoms with van der Waals surface area (Å²) in [5, 5.41) is 9.63. The van der Waals surface area contributed by atoms with E-state index in [2.05, 4.69) is 22.5 Å². The number of benzene rings is 1. The molecule has 0 aromatic heterocycles. The molecule has 0 bridgehead atoms. The lowest BCUT2D eigenvalue weighted by Crippen LogP contribution is -2.01. The Labute approximate surface area is 101 Å². The van der Waals surface area contributed by atoms with E-state index in [-0.39, 0.29) is 28.1 Å². The zero-order chi connectivity index (χ0) is 12.3. The van der Waals surface area contributed by atoms with Crippen LogP contribution < -0.4 is 4.74 Å². The number of phenolic OH excluding ortho intramolecular Hbond substituents is 1. The van der Waals surface area contributed by atoms with Gasteiger partial charge in [-0.3, -0.25) is 4.79 Å². The second-order valence-electron chi connectivity index (χ2n) is 3.05. The Morgan fingerprint density at radius 1 is 1.75 bits per heavy atom. The molecule has 0 unspecified atom stereocenters. The number of carbonyl (C=O) groups is 1. The Morgan fingerprint density at radius 2 is 2.38 bits per heavy atom. The first-order chi connectivity index (χ1) is 7.49. The van der Waals surface area contributed by atoms with E-state index in [0.717, 1.165) is 6.07 Å². The van der Waals surface area contributed by atoms with Gasteiger partial charge < -0.3 is 9.84 Å². The highest BCUT2D eigenvalue weighted by Crippen LogP contribution is 2.38. The van der Waals surface area contributed by atoms with Gasteiger partial charge in [-0.15, -0.1) is 0 Å². The van der Waals surface area contributed by atoms with Crippen LogP contribution in [0.15, 0.2) is 23.2 Å². The van der Waals surface area contributed by atoms with Crippen molar-refractivity contribution in [1.82, 2.24) is 0 Å². The van der Waals surface area contributed by atoms with Crippen molar-refractivity contribution in [1.29, 1.82) is 0 Å². The molecule has 0 aliphatic carbocycles. The lowest BCUT2D eigenvalue weighted by Gasteiger charge is -2.10. The summed E-state index contributed by atoms with van der Waals surface area (Å²) in [6.45, 7) is 4.77. The molecule has 0 spiro atoms. The minimum Gasteiger partial charge on any atom is -0.506 e. The van der Waals surface area contributed by atoms with Gasteiger partial charge in [-0.05, 0) is 28.9 Å². The number of phenols is 1. The molecule has 0 amide bonds. The molecule has 0 saturated carbocycles. The third-order valence-corrected chi connectivity index (χ3v) is 2.61. The molecule has 0 saturated heterocycles. The van der Waals surface area contributed by atoms with Gasteiger partial charge in [0.1, 0.15) is 16.8 Å². The monoisotopic (exact) mass is 288 g/mol. The third-order valence-electron chi connectivity index (χ3n) is 1.88. The maximum Gasteiger partial charge on any atom is 0.173 e. The zero-order valence-corrected chi connectivity index (χ0v) is 10.2. The van der Waals surface area contributed by atoms with Crippen molar-refractivity contribution in [2.24, 2.45) is 0 Å². The Hall–Kier alpha value is -1.36. The van der Waals surface area contributed by atoms with Gasteiger partial charge in [0.25, 0.3) is 0 Å². The SMILES string of the molecule is C=CCOc1c(F)cc(C(C)=O)c(O)c1Br. The first-order valence-electron chi connectivity index (χ1n) is 4.44. The van der Waals surface area contributed by atoms with E-state index in [1.54, 1.807) is 0 Å². The molecule has 86 valence electrons. The van der Waals surface area contributed by atoms with E-state index in [0.29, 0.717) is 0 Å². The lowest BCUT2D eigenvalue weighted by molar-refractivity contribution is 0.101.